The van der Waals surface area contributed by atoms with Gasteiger partial charge in [-0.25, -0.2) is 5.43 Å². The lowest BCUT2D eigenvalue weighted by Gasteiger charge is -2.13. The molecule has 4 rings (SSSR count). The van der Waals surface area contributed by atoms with Crippen LogP contribution in [-0.2, 0) is 4.79 Å². The van der Waals surface area contributed by atoms with E-state index in [9.17, 15) is 4.79 Å². The van der Waals surface area contributed by atoms with E-state index in [0.717, 1.165) is 33.2 Å². The Morgan fingerprint density at radius 2 is 1.91 bits per heavy atom. The number of aromatic nitrogens is 1. The number of thioether (sulfide) groups is 2. The van der Waals surface area contributed by atoms with Crippen LogP contribution in [0.1, 0.15) is 32.7 Å². The highest BCUT2D eigenvalue weighted by atomic mass is 35.5. The number of nitrogens with one attached hydrogen (secondary N) is 1. The van der Waals surface area contributed by atoms with Gasteiger partial charge in [-0.05, 0) is 62.2 Å². The number of aryl methyl sites for hydroxylation is 1. The van der Waals surface area contributed by atoms with Crippen LogP contribution >= 0.6 is 35.1 Å². The molecule has 1 N–H and O–H groups in total. The van der Waals surface area contributed by atoms with Crippen molar-refractivity contribution < 1.29 is 9.53 Å². The van der Waals surface area contributed by atoms with E-state index in [-0.39, 0.29) is 12.5 Å². The number of benzene rings is 2. The van der Waals surface area contributed by atoms with Crippen LogP contribution in [0.2, 0.25) is 5.02 Å². The topological polar surface area (TPSA) is 55.6 Å². The number of amides is 1. The Balaban J connectivity index is 1.33. The van der Waals surface area contributed by atoms with Crippen molar-refractivity contribution in [3.63, 3.8) is 0 Å². The van der Waals surface area contributed by atoms with Gasteiger partial charge >= 0.3 is 0 Å². The van der Waals surface area contributed by atoms with Crippen LogP contribution in [0.5, 0.6) is 5.75 Å². The van der Waals surface area contributed by atoms with Crippen molar-refractivity contribution in [2.45, 2.75) is 25.4 Å². The molecule has 8 heteroatoms. The molecule has 1 aliphatic rings. The second-order valence-electron chi connectivity index (χ2n) is 7.77. The van der Waals surface area contributed by atoms with E-state index in [1.807, 2.05) is 80.7 Å². The van der Waals surface area contributed by atoms with Crippen molar-refractivity contribution in [2.75, 3.05) is 18.1 Å². The molecule has 1 aromatic heterocycles. The third-order valence-electron chi connectivity index (χ3n) is 5.49. The Hall–Kier alpha value is -2.35. The maximum absolute atomic E-state index is 12.2. The van der Waals surface area contributed by atoms with Gasteiger partial charge < -0.3 is 9.30 Å². The van der Waals surface area contributed by atoms with Gasteiger partial charge in [-0.15, -0.1) is 23.5 Å². The molecular weight excluding hydrogens is 474 g/mol. The number of ether oxygens (including phenoxy) is 1. The van der Waals surface area contributed by atoms with Crippen LogP contribution in [-0.4, -0.2) is 34.8 Å². The van der Waals surface area contributed by atoms with Crippen molar-refractivity contribution >= 4 is 47.2 Å². The second kappa shape index (κ2) is 10.7. The van der Waals surface area contributed by atoms with Gasteiger partial charge in [0.25, 0.3) is 5.91 Å². The van der Waals surface area contributed by atoms with Crippen LogP contribution in [0.15, 0.2) is 53.6 Å². The molecule has 0 saturated carbocycles. The molecule has 0 bridgehead atoms. The lowest BCUT2D eigenvalue weighted by molar-refractivity contribution is -0.123. The second-order valence-corrected chi connectivity index (χ2v) is 10.9. The summed E-state index contributed by atoms with van der Waals surface area (Å²) in [6.45, 7) is 5.97. The molecule has 5 nitrogen and oxygen atoms in total. The van der Waals surface area contributed by atoms with Gasteiger partial charge in [0.2, 0.25) is 0 Å². The fraction of sp³-hybridized carbons (Fsp3) is 0.280. The molecule has 33 heavy (non-hydrogen) atoms. The SMILES string of the molecule is Cc1c(Cl)cccc1-n1c(C)cc(/C=N\NC(=O)COc2ccc(C3SCCS3)cc2)c1C. The molecule has 0 atom stereocenters. The molecule has 0 spiro atoms. The first-order chi connectivity index (χ1) is 15.9. The summed E-state index contributed by atoms with van der Waals surface area (Å²) in [6.07, 6.45) is 1.66. The fourth-order valence-corrected chi connectivity index (χ4v) is 6.78. The summed E-state index contributed by atoms with van der Waals surface area (Å²) in [6, 6.07) is 15.9. The van der Waals surface area contributed by atoms with E-state index in [1.54, 1.807) is 6.21 Å². The molecule has 1 saturated heterocycles. The summed E-state index contributed by atoms with van der Waals surface area (Å²) in [5, 5.41) is 4.85. The Kier molecular flexibility index (Phi) is 7.73. The normalized spacial score (nSPS) is 14.2. The first kappa shape index (κ1) is 23.8. The maximum atomic E-state index is 12.2. The molecule has 2 aromatic carbocycles. The summed E-state index contributed by atoms with van der Waals surface area (Å²) in [4.78, 5) is 12.2. The largest absolute Gasteiger partial charge is 0.484 e. The van der Waals surface area contributed by atoms with Crippen molar-refractivity contribution in [3.05, 3.63) is 81.6 Å². The highest BCUT2D eigenvalue weighted by Crippen LogP contribution is 2.45. The average Bonchev–Trinajstić information content (AvgIpc) is 3.44. The van der Waals surface area contributed by atoms with Crippen molar-refractivity contribution in [1.82, 2.24) is 9.99 Å². The molecule has 3 aromatic rings. The van der Waals surface area contributed by atoms with Gasteiger partial charge in [-0.3, -0.25) is 4.79 Å². The lowest BCUT2D eigenvalue weighted by atomic mass is 10.2. The Morgan fingerprint density at radius 1 is 1.18 bits per heavy atom. The van der Waals surface area contributed by atoms with E-state index in [2.05, 4.69) is 27.2 Å². The minimum atomic E-state index is -0.309. The zero-order valence-corrected chi connectivity index (χ0v) is 21.2. The number of hydrogen-bond donors (Lipinski definition) is 1. The Bertz CT molecular complexity index is 1170. The molecule has 172 valence electrons. The van der Waals surface area contributed by atoms with E-state index in [0.29, 0.717) is 10.3 Å². The first-order valence-corrected chi connectivity index (χ1v) is 13.1. The summed E-state index contributed by atoms with van der Waals surface area (Å²) in [5.41, 5.74) is 8.88. The van der Waals surface area contributed by atoms with Crippen LogP contribution in [0, 0.1) is 20.8 Å². The highest BCUT2D eigenvalue weighted by molar-refractivity contribution is 8.19. The number of carbonyl (C=O) groups excluding carboxylic acids is 1. The zero-order valence-electron chi connectivity index (χ0n) is 18.8. The summed E-state index contributed by atoms with van der Waals surface area (Å²) >= 11 is 10.2. The van der Waals surface area contributed by atoms with Gasteiger partial charge in [-0.2, -0.15) is 5.10 Å². The predicted octanol–water partition coefficient (Wildman–Crippen LogP) is 6.06. The van der Waals surface area contributed by atoms with Gasteiger partial charge in [0.1, 0.15) is 5.75 Å². The van der Waals surface area contributed by atoms with Gasteiger partial charge in [0.05, 0.1) is 10.8 Å². The summed E-state index contributed by atoms with van der Waals surface area (Å²) < 4.78 is 8.24. The summed E-state index contributed by atoms with van der Waals surface area (Å²) in [5.74, 6) is 2.75. The molecular formula is C25H26ClN3O2S2. The zero-order chi connectivity index (χ0) is 23.4. The molecule has 0 unspecified atom stereocenters. The number of carbonyl (C=O) groups is 1. The lowest BCUT2D eigenvalue weighted by Crippen LogP contribution is -2.24. The van der Waals surface area contributed by atoms with Crippen LogP contribution < -0.4 is 10.2 Å². The third kappa shape index (κ3) is 5.60. The molecule has 0 radical (unpaired) electrons. The molecule has 1 fully saturated rings. The van der Waals surface area contributed by atoms with Gasteiger partial charge in [0, 0.05) is 39.2 Å². The summed E-state index contributed by atoms with van der Waals surface area (Å²) in [7, 11) is 0. The number of hydrogen-bond acceptors (Lipinski definition) is 5. The number of rotatable bonds is 7. The monoisotopic (exact) mass is 499 g/mol. The van der Waals surface area contributed by atoms with Crippen molar-refractivity contribution in [3.8, 4) is 11.4 Å². The molecule has 2 heterocycles. The standard InChI is InChI=1S/C25H26ClN3O2S2/c1-16-13-20(18(3)29(16)23-6-4-5-22(26)17(23)2)14-27-28-24(30)15-31-21-9-7-19(8-10-21)25-32-11-12-33-25/h4-10,13-14,25H,11-12,15H2,1-3H3,(H,28,30)/b27-14-. The highest BCUT2D eigenvalue weighted by Gasteiger charge is 2.18. The van der Waals surface area contributed by atoms with E-state index in [4.69, 9.17) is 16.3 Å². The van der Waals surface area contributed by atoms with Gasteiger partial charge in [-0.1, -0.05) is 29.8 Å². The smallest absolute Gasteiger partial charge is 0.277 e. The number of halogens is 1. The van der Waals surface area contributed by atoms with Crippen molar-refractivity contribution in [2.24, 2.45) is 5.10 Å². The van der Waals surface area contributed by atoms with E-state index >= 15 is 0 Å². The maximum Gasteiger partial charge on any atom is 0.277 e. The Labute approximate surface area is 207 Å². The van der Waals surface area contributed by atoms with Crippen molar-refractivity contribution in [1.29, 1.82) is 0 Å². The Morgan fingerprint density at radius 3 is 2.64 bits per heavy atom. The quantitative estimate of drug-likeness (QED) is 0.317. The third-order valence-corrected chi connectivity index (χ3v) is 9.00. The predicted molar refractivity (Wildman–Crippen MR) is 140 cm³/mol. The van der Waals surface area contributed by atoms with Crippen LogP contribution in [0.4, 0.5) is 0 Å². The van der Waals surface area contributed by atoms with E-state index < -0.39 is 0 Å². The fourth-order valence-electron chi connectivity index (χ4n) is 3.75. The molecule has 1 amide bonds. The van der Waals surface area contributed by atoms with Crippen LogP contribution in [0.25, 0.3) is 5.69 Å². The first-order valence-electron chi connectivity index (χ1n) is 10.7. The molecule has 0 aliphatic carbocycles. The number of nitrogens with zero attached hydrogens (tertiary/aromatic N) is 2. The minimum absolute atomic E-state index is 0.0929. The molecule has 1 aliphatic heterocycles. The average molecular weight is 500 g/mol. The van der Waals surface area contributed by atoms with Crippen LogP contribution in [0.3, 0.4) is 0 Å². The van der Waals surface area contributed by atoms with Gasteiger partial charge in [0.15, 0.2) is 6.61 Å². The number of hydrazone groups is 1. The minimum Gasteiger partial charge on any atom is -0.484 e. The van der Waals surface area contributed by atoms with E-state index in [1.165, 1.54) is 17.1 Å².